The van der Waals surface area contributed by atoms with Gasteiger partial charge in [0.25, 0.3) is 0 Å². The van der Waals surface area contributed by atoms with Crippen molar-refractivity contribution in [3.05, 3.63) is 55.6 Å². The number of nitrogens with zero attached hydrogens (tertiary/aromatic N) is 1. The average Bonchev–Trinajstić information content (AvgIpc) is 2.54. The van der Waals surface area contributed by atoms with Crippen LogP contribution in [0.4, 0.5) is 0 Å². The molecule has 0 bridgehead atoms. The Kier molecular flexibility index (Phi) is 6.33. The van der Waals surface area contributed by atoms with E-state index in [4.69, 9.17) is 4.74 Å². The second-order valence-electron chi connectivity index (χ2n) is 5.68. The van der Waals surface area contributed by atoms with Gasteiger partial charge in [-0.15, -0.1) is 0 Å². The predicted molar refractivity (Wildman–Crippen MR) is 106 cm³/mol. The topological polar surface area (TPSA) is 68.3 Å². The van der Waals surface area contributed by atoms with Gasteiger partial charge in [0.1, 0.15) is 4.90 Å². The zero-order valence-electron chi connectivity index (χ0n) is 13.0. The lowest BCUT2D eigenvalue weighted by Crippen LogP contribution is -2.40. The summed E-state index contributed by atoms with van der Waals surface area (Å²) in [5, 5.41) is 0. The van der Waals surface area contributed by atoms with Crippen molar-refractivity contribution in [2.24, 2.45) is 0 Å². The Hall–Kier alpha value is -0.320. The Balaban J connectivity index is 1.79. The first kappa shape index (κ1) is 19.4. The van der Waals surface area contributed by atoms with Crippen LogP contribution in [0, 0.1) is 0 Å². The number of rotatable bonds is 4. The summed E-state index contributed by atoms with van der Waals surface area (Å²) in [5.74, 6) is 0. The highest BCUT2D eigenvalue weighted by molar-refractivity contribution is 9.11. The van der Waals surface area contributed by atoms with Gasteiger partial charge in [-0.05, 0) is 74.5 Å². The van der Waals surface area contributed by atoms with Gasteiger partial charge in [-0.2, -0.15) is 0 Å². The van der Waals surface area contributed by atoms with Gasteiger partial charge in [-0.25, -0.2) is 13.1 Å². The SMILES string of the molecule is O=S(=O)(NC1CCOC(c2ccncc2)C1)c1c(Br)cc(Br)cc1Br. The molecule has 5 nitrogen and oxygen atoms in total. The molecule has 134 valence electrons. The van der Waals surface area contributed by atoms with Crippen LogP contribution in [0.3, 0.4) is 0 Å². The molecule has 25 heavy (non-hydrogen) atoms. The van der Waals surface area contributed by atoms with Gasteiger partial charge in [-0.3, -0.25) is 4.98 Å². The molecule has 1 aromatic heterocycles. The zero-order chi connectivity index (χ0) is 18.0. The summed E-state index contributed by atoms with van der Waals surface area (Å²) >= 11 is 10.0. The number of hydrogen-bond donors (Lipinski definition) is 1. The van der Waals surface area contributed by atoms with Crippen LogP contribution >= 0.6 is 47.8 Å². The molecule has 0 spiro atoms. The van der Waals surface area contributed by atoms with Crippen LogP contribution in [-0.2, 0) is 14.8 Å². The molecule has 0 amide bonds. The number of ether oxygens (including phenoxy) is 1. The van der Waals surface area contributed by atoms with E-state index in [1.807, 2.05) is 12.1 Å². The maximum atomic E-state index is 12.9. The third kappa shape index (κ3) is 4.70. The Morgan fingerprint density at radius 2 is 1.76 bits per heavy atom. The van der Waals surface area contributed by atoms with Crippen molar-refractivity contribution >= 4 is 57.8 Å². The van der Waals surface area contributed by atoms with E-state index >= 15 is 0 Å². The number of sulfonamides is 1. The van der Waals surface area contributed by atoms with Crippen molar-refractivity contribution in [1.82, 2.24) is 9.71 Å². The molecular weight excluding hydrogens is 540 g/mol. The molecule has 2 aromatic rings. The fourth-order valence-electron chi connectivity index (χ4n) is 2.78. The highest BCUT2D eigenvalue weighted by Crippen LogP contribution is 2.34. The van der Waals surface area contributed by atoms with Crippen LogP contribution in [0.5, 0.6) is 0 Å². The fraction of sp³-hybridized carbons (Fsp3) is 0.312. The summed E-state index contributed by atoms with van der Waals surface area (Å²) in [5.41, 5.74) is 1.00. The van der Waals surface area contributed by atoms with Crippen molar-refractivity contribution in [3.8, 4) is 0 Å². The van der Waals surface area contributed by atoms with Crippen LogP contribution in [0.1, 0.15) is 24.5 Å². The average molecular weight is 555 g/mol. The van der Waals surface area contributed by atoms with E-state index in [1.165, 1.54) is 0 Å². The lowest BCUT2D eigenvalue weighted by molar-refractivity contribution is 0.00400. The van der Waals surface area contributed by atoms with E-state index in [2.05, 4.69) is 57.5 Å². The van der Waals surface area contributed by atoms with Crippen LogP contribution in [-0.4, -0.2) is 26.1 Å². The molecule has 1 aliphatic rings. The maximum Gasteiger partial charge on any atom is 0.243 e. The normalized spacial score (nSPS) is 21.2. The van der Waals surface area contributed by atoms with E-state index in [0.29, 0.717) is 28.4 Å². The Bertz CT molecular complexity index is 839. The third-order valence-corrected chi connectivity index (χ3v) is 7.77. The van der Waals surface area contributed by atoms with Gasteiger partial charge < -0.3 is 4.74 Å². The molecule has 2 unspecified atom stereocenters. The van der Waals surface area contributed by atoms with Gasteiger partial charge in [-0.1, -0.05) is 15.9 Å². The van der Waals surface area contributed by atoms with Gasteiger partial charge in [0, 0.05) is 38.5 Å². The number of nitrogens with one attached hydrogen (secondary N) is 1. The second kappa shape index (κ2) is 8.14. The van der Waals surface area contributed by atoms with Gasteiger partial charge >= 0.3 is 0 Å². The standard InChI is InChI=1S/C16H15Br3N2O3S/c17-11-7-13(18)16(14(19)8-11)25(22,23)21-12-3-6-24-15(9-12)10-1-4-20-5-2-10/h1-2,4-5,7-8,12,15,21H,3,6,9H2. The number of halogens is 3. The molecule has 0 aliphatic carbocycles. The van der Waals surface area contributed by atoms with Crippen molar-refractivity contribution in [2.45, 2.75) is 29.9 Å². The second-order valence-corrected chi connectivity index (χ2v) is 9.96. The summed E-state index contributed by atoms with van der Waals surface area (Å²) in [6.45, 7) is 0.503. The number of hydrogen-bond acceptors (Lipinski definition) is 4. The highest BCUT2D eigenvalue weighted by Gasteiger charge is 2.30. The van der Waals surface area contributed by atoms with Crippen molar-refractivity contribution < 1.29 is 13.2 Å². The maximum absolute atomic E-state index is 12.9. The summed E-state index contributed by atoms with van der Waals surface area (Å²) in [6, 6.07) is 7.01. The number of benzene rings is 1. The molecule has 1 N–H and O–H groups in total. The third-order valence-electron chi connectivity index (χ3n) is 3.92. The minimum Gasteiger partial charge on any atom is -0.373 e. The monoisotopic (exact) mass is 552 g/mol. The number of pyridine rings is 1. The lowest BCUT2D eigenvalue weighted by Gasteiger charge is -2.30. The predicted octanol–water partition coefficient (Wildman–Crippen LogP) is 4.57. The van der Waals surface area contributed by atoms with Crippen molar-refractivity contribution in [1.29, 1.82) is 0 Å². The molecule has 0 saturated carbocycles. The first-order valence-electron chi connectivity index (χ1n) is 7.55. The first-order valence-corrected chi connectivity index (χ1v) is 11.4. The first-order chi connectivity index (χ1) is 11.9. The van der Waals surface area contributed by atoms with E-state index in [9.17, 15) is 8.42 Å². The highest BCUT2D eigenvalue weighted by atomic mass is 79.9. The van der Waals surface area contributed by atoms with Crippen molar-refractivity contribution in [3.63, 3.8) is 0 Å². The van der Waals surface area contributed by atoms with Crippen LogP contribution in [0.25, 0.3) is 0 Å². The smallest absolute Gasteiger partial charge is 0.243 e. The zero-order valence-corrected chi connectivity index (χ0v) is 18.5. The van der Waals surface area contributed by atoms with Crippen LogP contribution < -0.4 is 4.72 Å². The van der Waals surface area contributed by atoms with E-state index < -0.39 is 10.0 Å². The molecular formula is C16H15Br3N2O3S. The van der Waals surface area contributed by atoms with E-state index in [-0.39, 0.29) is 17.0 Å². The number of aromatic nitrogens is 1. The molecule has 1 aromatic carbocycles. The molecule has 1 saturated heterocycles. The molecule has 3 rings (SSSR count). The molecule has 2 heterocycles. The van der Waals surface area contributed by atoms with E-state index in [1.54, 1.807) is 24.5 Å². The summed E-state index contributed by atoms with van der Waals surface area (Å²) in [6.07, 6.45) is 4.49. The molecule has 1 fully saturated rings. The Morgan fingerprint density at radius 1 is 1.12 bits per heavy atom. The largest absolute Gasteiger partial charge is 0.373 e. The molecule has 0 radical (unpaired) electrons. The van der Waals surface area contributed by atoms with Gasteiger partial charge in [0.15, 0.2) is 0 Å². The lowest BCUT2D eigenvalue weighted by atomic mass is 9.99. The Morgan fingerprint density at radius 3 is 2.40 bits per heavy atom. The van der Waals surface area contributed by atoms with Gasteiger partial charge in [0.05, 0.1) is 6.10 Å². The quantitative estimate of drug-likeness (QED) is 0.601. The van der Waals surface area contributed by atoms with E-state index in [0.717, 1.165) is 10.0 Å². The molecule has 1 aliphatic heterocycles. The summed E-state index contributed by atoms with van der Waals surface area (Å²) < 4.78 is 36.1. The minimum atomic E-state index is -3.68. The summed E-state index contributed by atoms with van der Waals surface area (Å²) in [7, 11) is -3.68. The molecule has 9 heteroatoms. The Labute approximate surface area is 172 Å². The minimum absolute atomic E-state index is 0.138. The molecule has 2 atom stereocenters. The summed E-state index contributed by atoms with van der Waals surface area (Å²) in [4.78, 5) is 4.20. The van der Waals surface area contributed by atoms with Crippen LogP contribution in [0.2, 0.25) is 0 Å². The fourth-order valence-corrected chi connectivity index (χ4v) is 7.72. The van der Waals surface area contributed by atoms with Gasteiger partial charge in [0.2, 0.25) is 10.0 Å². The van der Waals surface area contributed by atoms with Crippen LogP contribution in [0.15, 0.2) is 55.0 Å². The van der Waals surface area contributed by atoms with Crippen molar-refractivity contribution in [2.75, 3.05) is 6.61 Å².